The molecule has 0 saturated carbocycles. The number of ketones is 1. The van der Waals surface area contributed by atoms with Gasteiger partial charge in [0.1, 0.15) is 0 Å². The zero-order valence-corrected chi connectivity index (χ0v) is 14.2. The lowest BCUT2D eigenvalue weighted by Crippen LogP contribution is -2.37. The van der Waals surface area contributed by atoms with Gasteiger partial charge in [0.25, 0.3) is 5.56 Å². The Kier molecular flexibility index (Phi) is 3.45. The second-order valence-electron chi connectivity index (χ2n) is 6.51. The van der Waals surface area contributed by atoms with Crippen molar-refractivity contribution in [2.24, 2.45) is 14.1 Å². The van der Waals surface area contributed by atoms with Crippen LogP contribution in [0.3, 0.4) is 0 Å². The first-order valence-corrected chi connectivity index (χ1v) is 8.23. The van der Waals surface area contributed by atoms with Crippen LogP contribution < -0.4 is 11.2 Å². The number of imidazole rings is 1. The molecule has 0 atom stereocenters. The fraction of sp³-hybridized carbons (Fsp3) is 0.333. The molecule has 0 radical (unpaired) electrons. The number of hydrogen-bond donors (Lipinski definition) is 0. The Morgan fingerprint density at radius 3 is 2.68 bits per heavy atom. The van der Waals surface area contributed by atoms with Crippen LogP contribution in [-0.2, 0) is 33.5 Å². The van der Waals surface area contributed by atoms with E-state index in [9.17, 15) is 14.4 Å². The van der Waals surface area contributed by atoms with Crippen molar-refractivity contribution in [2.75, 3.05) is 0 Å². The van der Waals surface area contributed by atoms with Gasteiger partial charge in [-0.05, 0) is 36.5 Å². The number of nitrogens with zero attached hydrogens (tertiary/aromatic N) is 4. The van der Waals surface area contributed by atoms with Crippen molar-refractivity contribution >= 4 is 16.9 Å². The highest BCUT2D eigenvalue weighted by Gasteiger charge is 2.18. The maximum Gasteiger partial charge on any atom is 0.332 e. The summed E-state index contributed by atoms with van der Waals surface area (Å²) in [5.74, 6) is -0.0788. The quantitative estimate of drug-likeness (QED) is 0.662. The minimum Gasteiger partial charge on any atom is -0.317 e. The van der Waals surface area contributed by atoms with Crippen LogP contribution in [0.4, 0.5) is 0 Å². The van der Waals surface area contributed by atoms with Gasteiger partial charge in [-0.3, -0.25) is 18.7 Å². The number of benzene rings is 1. The molecular weight excluding hydrogens is 320 g/mol. The van der Waals surface area contributed by atoms with Crippen LogP contribution in [0.2, 0.25) is 0 Å². The van der Waals surface area contributed by atoms with Crippen molar-refractivity contribution < 1.29 is 4.79 Å². The summed E-state index contributed by atoms with van der Waals surface area (Å²) < 4.78 is 3.86. The Labute approximate surface area is 143 Å². The summed E-state index contributed by atoms with van der Waals surface area (Å²) >= 11 is 0. The van der Waals surface area contributed by atoms with Crippen molar-refractivity contribution in [3.8, 4) is 0 Å². The van der Waals surface area contributed by atoms with Crippen molar-refractivity contribution in [1.82, 2.24) is 18.7 Å². The lowest BCUT2D eigenvalue weighted by Gasteiger charge is -2.07. The van der Waals surface area contributed by atoms with Crippen molar-refractivity contribution in [1.29, 1.82) is 0 Å². The number of carbonyl (C=O) groups excluding carboxylic acids is 1. The summed E-state index contributed by atoms with van der Waals surface area (Å²) in [7, 11) is 2.98. The second kappa shape index (κ2) is 5.54. The van der Waals surface area contributed by atoms with Gasteiger partial charge in [0.05, 0.1) is 12.9 Å². The molecule has 2 aromatic heterocycles. The van der Waals surface area contributed by atoms with Gasteiger partial charge in [0, 0.05) is 19.7 Å². The lowest BCUT2D eigenvalue weighted by molar-refractivity contribution is 0.0973. The molecule has 1 aromatic carbocycles. The molecule has 7 heteroatoms. The average Bonchev–Trinajstić information content (AvgIpc) is 3.24. The van der Waals surface area contributed by atoms with E-state index in [1.54, 1.807) is 7.05 Å². The third-order valence-electron chi connectivity index (χ3n) is 4.95. The zero-order valence-electron chi connectivity index (χ0n) is 14.2. The molecule has 3 aromatic rings. The number of Topliss-reactive ketones (excluding diaryl/α,β-unsaturated/α-hetero) is 1. The summed E-state index contributed by atoms with van der Waals surface area (Å²) in [6.45, 7) is 0.0166. The number of hydrogen-bond acceptors (Lipinski definition) is 4. The first-order valence-electron chi connectivity index (χ1n) is 8.23. The Bertz CT molecular complexity index is 1130. The summed E-state index contributed by atoms with van der Waals surface area (Å²) in [4.78, 5) is 41.2. The second-order valence-corrected chi connectivity index (χ2v) is 6.51. The molecule has 7 nitrogen and oxygen atoms in total. The SMILES string of the molecule is Cn1c(=O)c2c(ncn2CC(=O)c2ccc3c(c2)CCC3)n(C)c1=O. The molecular formula is C18H18N4O3. The Balaban J connectivity index is 1.75. The highest BCUT2D eigenvalue weighted by Crippen LogP contribution is 2.23. The molecule has 0 N–H and O–H groups in total. The van der Waals surface area contributed by atoms with E-state index in [-0.39, 0.29) is 23.5 Å². The van der Waals surface area contributed by atoms with E-state index in [4.69, 9.17) is 0 Å². The van der Waals surface area contributed by atoms with Crippen molar-refractivity contribution in [3.05, 3.63) is 62.1 Å². The van der Waals surface area contributed by atoms with Crippen LogP contribution in [0.15, 0.2) is 34.1 Å². The van der Waals surface area contributed by atoms with Crippen LogP contribution in [0.25, 0.3) is 11.2 Å². The Hall–Kier alpha value is -2.96. The number of fused-ring (bicyclic) bond motifs is 2. The van der Waals surface area contributed by atoms with Gasteiger partial charge in [-0.1, -0.05) is 12.1 Å². The van der Waals surface area contributed by atoms with Gasteiger partial charge in [0.2, 0.25) is 0 Å². The largest absolute Gasteiger partial charge is 0.332 e. The maximum atomic E-state index is 12.7. The third-order valence-corrected chi connectivity index (χ3v) is 4.95. The molecule has 0 saturated heterocycles. The van der Waals surface area contributed by atoms with Gasteiger partial charge in [-0.2, -0.15) is 0 Å². The maximum absolute atomic E-state index is 12.7. The first-order chi connectivity index (χ1) is 12.0. The van der Waals surface area contributed by atoms with Crippen LogP contribution in [0.1, 0.15) is 27.9 Å². The molecule has 25 heavy (non-hydrogen) atoms. The van der Waals surface area contributed by atoms with Crippen LogP contribution >= 0.6 is 0 Å². The number of aromatic nitrogens is 4. The predicted molar refractivity (Wildman–Crippen MR) is 93.0 cm³/mol. The van der Waals surface area contributed by atoms with Crippen LogP contribution in [-0.4, -0.2) is 24.5 Å². The van der Waals surface area contributed by atoms with E-state index in [1.807, 2.05) is 18.2 Å². The van der Waals surface area contributed by atoms with Gasteiger partial charge >= 0.3 is 5.69 Å². The molecule has 0 unspecified atom stereocenters. The smallest absolute Gasteiger partial charge is 0.317 e. The van der Waals surface area contributed by atoms with Gasteiger partial charge < -0.3 is 4.57 Å². The monoisotopic (exact) mass is 338 g/mol. The number of rotatable bonds is 3. The Morgan fingerprint density at radius 2 is 1.88 bits per heavy atom. The molecule has 2 heterocycles. The van der Waals surface area contributed by atoms with Gasteiger partial charge in [-0.15, -0.1) is 0 Å². The predicted octanol–water partition coefficient (Wildman–Crippen LogP) is 0.805. The summed E-state index contributed by atoms with van der Waals surface area (Å²) in [6, 6.07) is 5.82. The summed E-state index contributed by atoms with van der Waals surface area (Å²) in [5, 5.41) is 0. The fourth-order valence-corrected chi connectivity index (χ4v) is 3.51. The molecule has 0 fully saturated rings. The van der Waals surface area contributed by atoms with Gasteiger partial charge in [-0.25, -0.2) is 9.78 Å². The molecule has 128 valence electrons. The number of carbonyl (C=O) groups is 1. The van der Waals surface area contributed by atoms with E-state index >= 15 is 0 Å². The molecule has 1 aliphatic carbocycles. The minimum absolute atomic E-state index is 0.0166. The Morgan fingerprint density at radius 1 is 1.12 bits per heavy atom. The third kappa shape index (κ3) is 2.34. The van der Waals surface area contributed by atoms with Crippen LogP contribution in [0, 0.1) is 0 Å². The first kappa shape index (κ1) is 15.6. The van der Waals surface area contributed by atoms with Gasteiger partial charge in [0.15, 0.2) is 16.9 Å². The highest BCUT2D eigenvalue weighted by molar-refractivity contribution is 5.96. The topological polar surface area (TPSA) is 78.9 Å². The molecule has 4 rings (SSSR count). The molecule has 0 spiro atoms. The van der Waals surface area contributed by atoms with E-state index in [1.165, 1.54) is 33.6 Å². The fourth-order valence-electron chi connectivity index (χ4n) is 3.51. The van der Waals surface area contributed by atoms with E-state index < -0.39 is 11.2 Å². The van der Waals surface area contributed by atoms with E-state index in [2.05, 4.69) is 4.98 Å². The molecule has 0 aliphatic heterocycles. The number of aryl methyl sites for hydroxylation is 3. The summed E-state index contributed by atoms with van der Waals surface area (Å²) in [5.41, 5.74) is 2.86. The summed E-state index contributed by atoms with van der Waals surface area (Å²) in [6.07, 6.45) is 4.65. The van der Waals surface area contributed by atoms with Crippen molar-refractivity contribution in [3.63, 3.8) is 0 Å². The molecule has 0 amide bonds. The van der Waals surface area contributed by atoms with E-state index in [0.717, 1.165) is 23.8 Å². The zero-order chi connectivity index (χ0) is 17.7. The van der Waals surface area contributed by atoms with Crippen LogP contribution in [0.5, 0.6) is 0 Å². The molecule has 1 aliphatic rings. The normalized spacial score (nSPS) is 13.4. The minimum atomic E-state index is -0.447. The highest BCUT2D eigenvalue weighted by atomic mass is 16.2. The lowest BCUT2D eigenvalue weighted by atomic mass is 10.0. The van der Waals surface area contributed by atoms with E-state index in [0.29, 0.717) is 5.56 Å². The standard InChI is InChI=1S/C18H18N4O3/c1-20-16-15(17(24)21(2)18(20)25)22(10-19-16)9-14(23)13-7-6-11-4-3-5-12(11)8-13/h6-8,10H,3-5,9H2,1-2H3. The van der Waals surface area contributed by atoms with Crippen molar-refractivity contribution in [2.45, 2.75) is 25.8 Å². The molecule has 0 bridgehead atoms. The average molecular weight is 338 g/mol.